The van der Waals surface area contributed by atoms with Gasteiger partial charge in [0, 0.05) is 30.6 Å². The van der Waals surface area contributed by atoms with Gasteiger partial charge in [-0.05, 0) is 32.5 Å². The third-order valence-corrected chi connectivity index (χ3v) is 4.44. The second-order valence-electron chi connectivity index (χ2n) is 5.75. The largest absolute Gasteiger partial charge is 0.493 e. The molecule has 3 rings (SSSR count). The van der Waals surface area contributed by atoms with Gasteiger partial charge >= 0.3 is 0 Å². The zero-order valence-electron chi connectivity index (χ0n) is 11.8. The van der Waals surface area contributed by atoms with Crippen molar-refractivity contribution >= 4 is 0 Å². The van der Waals surface area contributed by atoms with Gasteiger partial charge in [0.2, 0.25) is 0 Å². The van der Waals surface area contributed by atoms with Crippen LogP contribution in [-0.2, 0) is 0 Å². The molecular weight excluding hydrogens is 236 g/mol. The first-order valence-electron chi connectivity index (χ1n) is 7.49. The van der Waals surface area contributed by atoms with Crippen LogP contribution in [0.4, 0.5) is 0 Å². The maximum Gasteiger partial charge on any atom is 0.122 e. The Morgan fingerprint density at radius 2 is 2.21 bits per heavy atom. The van der Waals surface area contributed by atoms with Gasteiger partial charge in [0.05, 0.1) is 6.61 Å². The highest BCUT2D eigenvalue weighted by atomic mass is 16.5. The van der Waals surface area contributed by atoms with Crippen molar-refractivity contribution in [2.45, 2.75) is 31.2 Å². The molecule has 2 atom stereocenters. The molecule has 0 amide bonds. The van der Waals surface area contributed by atoms with E-state index in [1.54, 1.807) is 0 Å². The summed E-state index contributed by atoms with van der Waals surface area (Å²) in [5.74, 6) is 1.64. The monoisotopic (exact) mass is 260 g/mol. The van der Waals surface area contributed by atoms with Gasteiger partial charge in [0.1, 0.15) is 5.75 Å². The van der Waals surface area contributed by atoms with E-state index >= 15 is 0 Å². The third kappa shape index (κ3) is 2.77. The summed E-state index contributed by atoms with van der Waals surface area (Å²) in [4.78, 5) is 2.66. The van der Waals surface area contributed by atoms with E-state index < -0.39 is 0 Å². The number of hydrogen-bond donors (Lipinski definition) is 1. The Bertz CT molecular complexity index is 419. The molecule has 0 aromatic heterocycles. The SMILES string of the molecule is CNCC1CCCCN1CC1COc2ccccc21. The van der Waals surface area contributed by atoms with Gasteiger partial charge in [-0.15, -0.1) is 0 Å². The normalized spacial score (nSPS) is 27.0. The number of nitrogens with one attached hydrogen (secondary N) is 1. The van der Waals surface area contributed by atoms with Gasteiger partial charge in [-0.1, -0.05) is 24.6 Å². The lowest BCUT2D eigenvalue weighted by atomic mass is 9.96. The number of likely N-dealkylation sites (N-methyl/N-ethyl adjacent to an activating group) is 1. The molecular formula is C16H24N2O. The van der Waals surface area contributed by atoms with Crippen LogP contribution in [-0.4, -0.2) is 44.2 Å². The Morgan fingerprint density at radius 1 is 1.32 bits per heavy atom. The summed E-state index contributed by atoms with van der Waals surface area (Å²) in [5.41, 5.74) is 1.40. The number of para-hydroxylation sites is 1. The Balaban J connectivity index is 1.67. The summed E-state index contributed by atoms with van der Waals surface area (Å²) in [6, 6.07) is 9.21. The quantitative estimate of drug-likeness (QED) is 0.898. The number of hydrogen-bond acceptors (Lipinski definition) is 3. The van der Waals surface area contributed by atoms with E-state index in [4.69, 9.17) is 4.74 Å². The highest BCUT2D eigenvalue weighted by molar-refractivity contribution is 5.39. The summed E-state index contributed by atoms with van der Waals surface area (Å²) in [7, 11) is 2.06. The fourth-order valence-corrected chi connectivity index (χ4v) is 3.43. The van der Waals surface area contributed by atoms with Crippen LogP contribution in [0.2, 0.25) is 0 Å². The molecule has 0 spiro atoms. The maximum absolute atomic E-state index is 5.81. The Morgan fingerprint density at radius 3 is 3.11 bits per heavy atom. The lowest BCUT2D eigenvalue weighted by molar-refractivity contribution is 0.132. The van der Waals surface area contributed by atoms with Gasteiger partial charge < -0.3 is 10.1 Å². The van der Waals surface area contributed by atoms with Crippen molar-refractivity contribution in [3.8, 4) is 5.75 Å². The minimum absolute atomic E-state index is 0.550. The van der Waals surface area contributed by atoms with Crippen molar-refractivity contribution in [1.29, 1.82) is 0 Å². The minimum Gasteiger partial charge on any atom is -0.493 e. The molecule has 1 fully saturated rings. The molecule has 104 valence electrons. The topological polar surface area (TPSA) is 24.5 Å². The van der Waals surface area contributed by atoms with Gasteiger partial charge in [-0.25, -0.2) is 0 Å². The number of nitrogens with zero attached hydrogens (tertiary/aromatic N) is 1. The second-order valence-corrected chi connectivity index (χ2v) is 5.75. The van der Waals surface area contributed by atoms with Gasteiger partial charge in [-0.2, -0.15) is 0 Å². The molecule has 2 heterocycles. The molecule has 3 nitrogen and oxygen atoms in total. The van der Waals surface area contributed by atoms with E-state index in [1.807, 2.05) is 0 Å². The first-order chi connectivity index (χ1) is 9.38. The van der Waals surface area contributed by atoms with Crippen molar-refractivity contribution in [2.24, 2.45) is 0 Å². The molecule has 2 unspecified atom stereocenters. The molecule has 1 N–H and O–H groups in total. The third-order valence-electron chi connectivity index (χ3n) is 4.44. The molecule has 3 heteroatoms. The molecule has 1 saturated heterocycles. The van der Waals surface area contributed by atoms with E-state index in [0.717, 1.165) is 25.4 Å². The number of fused-ring (bicyclic) bond motifs is 1. The van der Waals surface area contributed by atoms with Crippen molar-refractivity contribution in [1.82, 2.24) is 10.2 Å². The Kier molecular flexibility index (Phi) is 4.04. The van der Waals surface area contributed by atoms with E-state index in [2.05, 4.69) is 41.5 Å². The number of ether oxygens (including phenoxy) is 1. The fraction of sp³-hybridized carbons (Fsp3) is 0.625. The van der Waals surface area contributed by atoms with Crippen LogP contribution in [0.5, 0.6) is 5.75 Å². The summed E-state index contributed by atoms with van der Waals surface area (Å²) < 4.78 is 5.81. The lowest BCUT2D eigenvalue weighted by Crippen LogP contribution is -2.46. The lowest BCUT2D eigenvalue weighted by Gasteiger charge is -2.37. The maximum atomic E-state index is 5.81. The number of likely N-dealkylation sites (tertiary alicyclic amines) is 1. The average molecular weight is 260 g/mol. The predicted molar refractivity (Wildman–Crippen MR) is 77.8 cm³/mol. The van der Waals surface area contributed by atoms with Crippen LogP contribution in [0.3, 0.4) is 0 Å². The molecule has 1 aromatic rings. The molecule has 0 aliphatic carbocycles. The van der Waals surface area contributed by atoms with E-state index in [1.165, 1.54) is 31.4 Å². The highest BCUT2D eigenvalue weighted by Gasteiger charge is 2.29. The Labute approximate surface area is 115 Å². The predicted octanol–water partition coefficient (Wildman–Crippen LogP) is 2.24. The smallest absolute Gasteiger partial charge is 0.122 e. The highest BCUT2D eigenvalue weighted by Crippen LogP contribution is 2.34. The second kappa shape index (κ2) is 5.93. The van der Waals surface area contributed by atoms with E-state index in [0.29, 0.717) is 12.0 Å². The van der Waals surface area contributed by atoms with Crippen LogP contribution in [0.15, 0.2) is 24.3 Å². The first-order valence-corrected chi connectivity index (χ1v) is 7.49. The van der Waals surface area contributed by atoms with Crippen LogP contribution in [0, 0.1) is 0 Å². The molecule has 0 radical (unpaired) electrons. The van der Waals surface area contributed by atoms with Gasteiger partial charge in [0.15, 0.2) is 0 Å². The summed E-state index contributed by atoms with van der Waals surface area (Å²) >= 11 is 0. The molecule has 19 heavy (non-hydrogen) atoms. The van der Waals surface area contributed by atoms with Crippen LogP contribution in [0.1, 0.15) is 30.7 Å². The zero-order valence-corrected chi connectivity index (χ0v) is 11.8. The molecule has 0 bridgehead atoms. The fourth-order valence-electron chi connectivity index (χ4n) is 3.43. The Hall–Kier alpha value is -1.06. The van der Waals surface area contributed by atoms with Crippen LogP contribution < -0.4 is 10.1 Å². The van der Waals surface area contributed by atoms with Crippen molar-refractivity contribution < 1.29 is 4.74 Å². The van der Waals surface area contributed by atoms with Crippen molar-refractivity contribution in [2.75, 3.05) is 33.3 Å². The van der Waals surface area contributed by atoms with E-state index in [-0.39, 0.29) is 0 Å². The summed E-state index contributed by atoms with van der Waals surface area (Å²) in [5, 5.41) is 3.34. The minimum atomic E-state index is 0.550. The van der Waals surface area contributed by atoms with Gasteiger partial charge in [0.25, 0.3) is 0 Å². The van der Waals surface area contributed by atoms with Crippen LogP contribution in [0.25, 0.3) is 0 Å². The summed E-state index contributed by atoms with van der Waals surface area (Å²) in [6.45, 7) is 4.34. The first kappa shape index (κ1) is 12.9. The van der Waals surface area contributed by atoms with E-state index in [9.17, 15) is 0 Å². The van der Waals surface area contributed by atoms with Crippen molar-refractivity contribution in [3.63, 3.8) is 0 Å². The number of rotatable bonds is 4. The molecule has 0 saturated carbocycles. The summed E-state index contributed by atoms with van der Waals surface area (Å²) in [6.07, 6.45) is 4.05. The number of piperidine rings is 1. The van der Waals surface area contributed by atoms with Crippen LogP contribution >= 0.6 is 0 Å². The number of benzene rings is 1. The standard InChI is InChI=1S/C16H24N2O/c1-17-10-14-6-4-5-9-18(14)11-13-12-19-16-8-3-2-7-15(13)16/h2-3,7-8,13-14,17H,4-6,9-12H2,1H3. The zero-order chi connectivity index (χ0) is 13.1. The molecule has 2 aliphatic heterocycles. The average Bonchev–Trinajstić information content (AvgIpc) is 2.85. The molecule has 1 aromatic carbocycles. The van der Waals surface area contributed by atoms with Crippen molar-refractivity contribution in [3.05, 3.63) is 29.8 Å². The molecule has 2 aliphatic rings. The van der Waals surface area contributed by atoms with Gasteiger partial charge in [-0.3, -0.25) is 4.90 Å².